The van der Waals surface area contributed by atoms with Gasteiger partial charge < -0.3 is 4.90 Å². The second-order valence-electron chi connectivity index (χ2n) is 7.32. The Bertz CT molecular complexity index is 1430. The van der Waals surface area contributed by atoms with Crippen LogP contribution in [-0.2, 0) is 10.0 Å². The number of hydrogen-bond acceptors (Lipinski definition) is 9. The lowest BCUT2D eigenvalue weighted by atomic mass is 10.3. The zero-order valence-electron chi connectivity index (χ0n) is 17.2. The number of benzene rings is 2. The largest absolute Gasteiger partial charge is 0.352 e. The third-order valence-electron chi connectivity index (χ3n) is 5.44. The molecule has 33 heavy (non-hydrogen) atoms. The minimum absolute atomic E-state index is 0.146. The molecule has 0 amide bonds. The highest BCUT2D eigenvalue weighted by Crippen LogP contribution is 2.28. The molecule has 13 heteroatoms. The van der Waals surface area contributed by atoms with E-state index in [1.54, 1.807) is 4.68 Å². The summed E-state index contributed by atoms with van der Waals surface area (Å²) in [5.74, 6) is 0.560. The predicted octanol–water partition coefficient (Wildman–Crippen LogP) is 1.63. The van der Waals surface area contributed by atoms with Crippen LogP contribution in [0.2, 0.25) is 0 Å². The predicted molar refractivity (Wildman–Crippen MR) is 119 cm³/mol. The van der Waals surface area contributed by atoms with Gasteiger partial charge in [-0.25, -0.2) is 18.4 Å². The minimum atomic E-state index is -4.02. The molecule has 0 spiro atoms. The normalized spacial score (nSPS) is 15.1. The highest BCUT2D eigenvalue weighted by molar-refractivity contribution is 7.89. The first-order valence-electron chi connectivity index (χ1n) is 10.1. The Morgan fingerprint density at radius 2 is 1.61 bits per heavy atom. The fourth-order valence-corrected chi connectivity index (χ4v) is 5.40. The number of piperazine rings is 1. The Morgan fingerprint density at radius 1 is 0.909 bits per heavy atom. The van der Waals surface area contributed by atoms with Crippen LogP contribution in [0.4, 0.5) is 11.5 Å². The third-order valence-corrected chi connectivity index (χ3v) is 7.38. The topological polar surface area (TPSA) is 140 Å². The van der Waals surface area contributed by atoms with Crippen molar-refractivity contribution in [3.05, 3.63) is 71.0 Å². The van der Waals surface area contributed by atoms with Crippen LogP contribution in [0.1, 0.15) is 0 Å². The van der Waals surface area contributed by atoms with Crippen LogP contribution >= 0.6 is 0 Å². The SMILES string of the molecule is O=[N+]([O-])c1ccccc1S(=O)(=O)N1CCN(c2ncnc3c2nnn3-c2ccccc2)CC1. The first kappa shape index (κ1) is 20.9. The average Bonchev–Trinajstić information content (AvgIpc) is 3.29. The van der Waals surface area contributed by atoms with E-state index in [4.69, 9.17) is 0 Å². The van der Waals surface area contributed by atoms with E-state index < -0.39 is 20.6 Å². The molecule has 2 aromatic heterocycles. The van der Waals surface area contributed by atoms with Crippen LogP contribution in [0, 0.1) is 10.1 Å². The van der Waals surface area contributed by atoms with Crippen molar-refractivity contribution in [2.45, 2.75) is 4.90 Å². The summed E-state index contributed by atoms with van der Waals surface area (Å²) in [5.41, 5.74) is 1.43. The van der Waals surface area contributed by atoms with Crippen LogP contribution in [0.15, 0.2) is 65.8 Å². The molecule has 4 aromatic rings. The summed E-state index contributed by atoms with van der Waals surface area (Å²) in [7, 11) is -4.02. The molecule has 0 atom stereocenters. The zero-order chi connectivity index (χ0) is 23.0. The summed E-state index contributed by atoms with van der Waals surface area (Å²) >= 11 is 0. The Kier molecular flexibility index (Phi) is 5.18. The van der Waals surface area contributed by atoms with Crippen molar-refractivity contribution in [3.8, 4) is 5.69 Å². The second-order valence-corrected chi connectivity index (χ2v) is 9.23. The zero-order valence-corrected chi connectivity index (χ0v) is 18.0. The minimum Gasteiger partial charge on any atom is -0.352 e. The number of para-hydroxylation sites is 2. The van der Waals surface area contributed by atoms with E-state index in [1.807, 2.05) is 35.2 Å². The van der Waals surface area contributed by atoms with Crippen LogP contribution in [0.3, 0.4) is 0 Å². The van der Waals surface area contributed by atoms with Gasteiger partial charge in [0, 0.05) is 32.2 Å². The number of nitro groups is 1. The van der Waals surface area contributed by atoms with Gasteiger partial charge in [0.25, 0.3) is 5.69 Å². The summed E-state index contributed by atoms with van der Waals surface area (Å²) in [6.07, 6.45) is 1.43. The van der Waals surface area contributed by atoms with Crippen LogP contribution in [0.25, 0.3) is 16.9 Å². The van der Waals surface area contributed by atoms with E-state index in [2.05, 4.69) is 20.3 Å². The maximum Gasteiger partial charge on any atom is 0.289 e. The molecule has 0 radical (unpaired) electrons. The van der Waals surface area contributed by atoms with Gasteiger partial charge in [-0.15, -0.1) is 5.10 Å². The lowest BCUT2D eigenvalue weighted by Gasteiger charge is -2.34. The van der Waals surface area contributed by atoms with Gasteiger partial charge in [-0.3, -0.25) is 10.1 Å². The summed E-state index contributed by atoms with van der Waals surface area (Å²) < 4.78 is 29.0. The molecule has 12 nitrogen and oxygen atoms in total. The van der Waals surface area contributed by atoms with Gasteiger partial charge in [-0.1, -0.05) is 35.5 Å². The molecular weight excluding hydrogens is 448 g/mol. The van der Waals surface area contributed by atoms with Crippen molar-refractivity contribution in [2.75, 3.05) is 31.1 Å². The van der Waals surface area contributed by atoms with Crippen molar-refractivity contribution in [1.82, 2.24) is 29.3 Å². The first-order chi connectivity index (χ1) is 16.0. The van der Waals surface area contributed by atoms with E-state index in [0.717, 1.165) is 5.69 Å². The molecule has 1 saturated heterocycles. The molecule has 0 aliphatic carbocycles. The van der Waals surface area contributed by atoms with Crippen molar-refractivity contribution in [1.29, 1.82) is 0 Å². The summed E-state index contributed by atoms with van der Waals surface area (Å²) in [4.78, 5) is 20.9. The average molecular weight is 466 g/mol. The number of nitrogens with zero attached hydrogens (tertiary/aromatic N) is 8. The molecule has 1 aliphatic heterocycles. The van der Waals surface area contributed by atoms with Crippen LogP contribution < -0.4 is 4.90 Å². The number of nitro benzene ring substituents is 1. The van der Waals surface area contributed by atoms with Crippen molar-refractivity contribution in [2.24, 2.45) is 0 Å². The van der Waals surface area contributed by atoms with E-state index in [0.29, 0.717) is 30.1 Å². The van der Waals surface area contributed by atoms with E-state index in [9.17, 15) is 18.5 Å². The molecule has 168 valence electrons. The van der Waals surface area contributed by atoms with Crippen LogP contribution in [-0.4, -0.2) is 68.8 Å². The van der Waals surface area contributed by atoms with E-state index >= 15 is 0 Å². The van der Waals surface area contributed by atoms with Crippen molar-refractivity contribution < 1.29 is 13.3 Å². The molecule has 2 aromatic carbocycles. The monoisotopic (exact) mass is 466 g/mol. The molecule has 1 fully saturated rings. The fourth-order valence-electron chi connectivity index (χ4n) is 3.82. The number of anilines is 1. The Hall–Kier alpha value is -3.97. The van der Waals surface area contributed by atoms with E-state index in [1.165, 1.54) is 34.9 Å². The summed E-state index contributed by atoms with van der Waals surface area (Å²) in [5, 5.41) is 19.8. The highest BCUT2D eigenvalue weighted by atomic mass is 32.2. The third kappa shape index (κ3) is 3.66. The smallest absolute Gasteiger partial charge is 0.289 e. The number of sulfonamides is 1. The Labute approximate surface area is 188 Å². The van der Waals surface area contributed by atoms with Crippen molar-refractivity contribution in [3.63, 3.8) is 0 Å². The molecule has 5 rings (SSSR count). The summed E-state index contributed by atoms with van der Waals surface area (Å²) in [6.45, 7) is 0.966. The highest BCUT2D eigenvalue weighted by Gasteiger charge is 2.34. The van der Waals surface area contributed by atoms with Crippen LogP contribution in [0.5, 0.6) is 0 Å². The first-order valence-corrected chi connectivity index (χ1v) is 11.5. The summed E-state index contributed by atoms with van der Waals surface area (Å²) in [6, 6.07) is 14.8. The number of rotatable bonds is 5. The van der Waals surface area contributed by atoms with Gasteiger partial charge in [0.15, 0.2) is 21.9 Å². The van der Waals surface area contributed by atoms with Crippen molar-refractivity contribution >= 4 is 32.7 Å². The van der Waals surface area contributed by atoms with Gasteiger partial charge in [0.05, 0.1) is 10.6 Å². The lowest BCUT2D eigenvalue weighted by molar-refractivity contribution is -0.387. The maximum atomic E-state index is 13.1. The molecule has 1 aliphatic rings. The molecule has 0 bridgehead atoms. The number of fused-ring (bicyclic) bond motifs is 1. The standard InChI is InChI=1S/C20H18N8O4S/c29-28(30)16-8-4-5-9-17(16)33(31,32)26-12-10-25(11-13-26)19-18-20(22-14-21-19)27(24-23-18)15-6-2-1-3-7-15/h1-9,14H,10-13H2. The molecular formula is C20H18N8O4S. The molecule has 0 unspecified atom stereocenters. The lowest BCUT2D eigenvalue weighted by Crippen LogP contribution is -2.49. The van der Waals surface area contributed by atoms with E-state index in [-0.39, 0.29) is 18.0 Å². The Morgan fingerprint density at radius 3 is 2.33 bits per heavy atom. The van der Waals surface area contributed by atoms with Gasteiger partial charge >= 0.3 is 0 Å². The molecule has 0 saturated carbocycles. The quantitative estimate of drug-likeness (QED) is 0.317. The van der Waals surface area contributed by atoms with Gasteiger partial charge in [-0.05, 0) is 18.2 Å². The van der Waals surface area contributed by atoms with Gasteiger partial charge in [0.2, 0.25) is 10.0 Å². The molecule has 0 N–H and O–H groups in total. The van der Waals surface area contributed by atoms with Gasteiger partial charge in [0.1, 0.15) is 6.33 Å². The second kappa shape index (κ2) is 8.18. The number of aromatic nitrogens is 5. The number of hydrogen-bond donors (Lipinski definition) is 0. The maximum absolute atomic E-state index is 13.1. The van der Waals surface area contributed by atoms with Gasteiger partial charge in [-0.2, -0.15) is 8.99 Å². The Balaban J connectivity index is 1.40. The molecule has 3 heterocycles. The fraction of sp³-hybridized carbons (Fsp3) is 0.200.